The van der Waals surface area contributed by atoms with Crippen LogP contribution in [0, 0.1) is 6.92 Å². The smallest absolute Gasteiger partial charge is 0.337 e. The van der Waals surface area contributed by atoms with Crippen molar-refractivity contribution in [2.75, 3.05) is 0 Å². The Morgan fingerprint density at radius 1 is 1.37 bits per heavy atom. The molecule has 5 heteroatoms. The summed E-state index contributed by atoms with van der Waals surface area (Å²) in [6, 6.07) is 5.48. The van der Waals surface area contributed by atoms with Gasteiger partial charge in [-0.1, -0.05) is 11.6 Å². The number of hydrogen-bond donors (Lipinski definition) is 2. The Kier molecular flexibility index (Phi) is 3.56. The molecule has 2 N–H and O–H groups in total. The highest BCUT2D eigenvalue weighted by atomic mass is 35.5. The molecule has 2 rings (SSSR count). The number of aliphatic hydroxyl groups is 1. The minimum absolute atomic E-state index is 0.165. The summed E-state index contributed by atoms with van der Waals surface area (Å²) < 4.78 is 2.01. The van der Waals surface area contributed by atoms with Gasteiger partial charge in [-0.25, -0.2) is 4.79 Å². The minimum Gasteiger partial charge on any atom is -0.479 e. The SMILES string of the molecule is Cc1c(C(O)C(=O)O)c2cc(Cl)ccc2n1C(C)C. The van der Waals surface area contributed by atoms with Crippen molar-refractivity contribution in [3.8, 4) is 0 Å². The summed E-state index contributed by atoms with van der Waals surface area (Å²) in [5.41, 5.74) is 2.05. The molecule has 19 heavy (non-hydrogen) atoms. The van der Waals surface area contributed by atoms with Gasteiger partial charge in [0.15, 0.2) is 6.10 Å². The number of aliphatic carboxylic acids is 1. The highest BCUT2D eigenvalue weighted by molar-refractivity contribution is 6.31. The third-order valence-electron chi connectivity index (χ3n) is 3.28. The van der Waals surface area contributed by atoms with Crippen molar-refractivity contribution < 1.29 is 15.0 Å². The predicted molar refractivity (Wildman–Crippen MR) is 74.7 cm³/mol. The van der Waals surface area contributed by atoms with E-state index >= 15 is 0 Å². The molecule has 0 fully saturated rings. The number of carboxylic acid groups (broad SMARTS) is 1. The fourth-order valence-corrected chi connectivity index (χ4v) is 2.75. The van der Waals surface area contributed by atoms with Crippen LogP contribution in [0.25, 0.3) is 10.9 Å². The number of carboxylic acids is 1. The van der Waals surface area contributed by atoms with Crippen molar-refractivity contribution in [2.24, 2.45) is 0 Å². The molecule has 0 saturated heterocycles. The molecule has 0 aliphatic rings. The van der Waals surface area contributed by atoms with Crippen molar-refractivity contribution in [3.05, 3.63) is 34.5 Å². The van der Waals surface area contributed by atoms with Crippen molar-refractivity contribution in [3.63, 3.8) is 0 Å². The van der Waals surface area contributed by atoms with Gasteiger partial charge in [0.1, 0.15) is 0 Å². The Hall–Kier alpha value is -1.52. The van der Waals surface area contributed by atoms with Gasteiger partial charge >= 0.3 is 5.97 Å². The number of hydrogen-bond acceptors (Lipinski definition) is 2. The molecular formula is C14H16ClNO3. The molecule has 0 radical (unpaired) electrons. The normalized spacial score (nSPS) is 13.2. The van der Waals surface area contributed by atoms with Crippen LogP contribution in [-0.4, -0.2) is 20.7 Å². The molecule has 1 unspecified atom stereocenters. The Morgan fingerprint density at radius 2 is 2.00 bits per heavy atom. The lowest BCUT2D eigenvalue weighted by Gasteiger charge is -2.13. The molecule has 0 saturated carbocycles. The van der Waals surface area contributed by atoms with E-state index in [9.17, 15) is 9.90 Å². The highest BCUT2D eigenvalue weighted by Gasteiger charge is 2.25. The third-order valence-corrected chi connectivity index (χ3v) is 3.52. The molecule has 1 aromatic heterocycles. The molecule has 1 atom stereocenters. The molecule has 1 aromatic carbocycles. The first kappa shape index (κ1) is 13.9. The summed E-state index contributed by atoms with van der Waals surface area (Å²) in [5.74, 6) is -1.26. The Labute approximate surface area is 116 Å². The second-order valence-electron chi connectivity index (χ2n) is 4.87. The van der Waals surface area contributed by atoms with Gasteiger partial charge in [-0.05, 0) is 39.0 Å². The van der Waals surface area contributed by atoms with Crippen molar-refractivity contribution >= 4 is 28.5 Å². The monoisotopic (exact) mass is 281 g/mol. The van der Waals surface area contributed by atoms with E-state index in [-0.39, 0.29) is 6.04 Å². The van der Waals surface area contributed by atoms with Gasteiger partial charge in [-0.3, -0.25) is 0 Å². The zero-order chi connectivity index (χ0) is 14.3. The Bertz CT molecular complexity index is 646. The molecule has 102 valence electrons. The number of carbonyl (C=O) groups is 1. The summed E-state index contributed by atoms with van der Waals surface area (Å²) in [4.78, 5) is 11.1. The predicted octanol–water partition coefficient (Wildman–Crippen LogP) is 3.30. The van der Waals surface area contributed by atoms with Gasteiger partial charge in [0, 0.05) is 33.2 Å². The number of aromatic nitrogens is 1. The van der Waals surface area contributed by atoms with E-state index in [0.717, 1.165) is 11.2 Å². The van der Waals surface area contributed by atoms with Crippen LogP contribution in [0.4, 0.5) is 0 Å². The topological polar surface area (TPSA) is 62.5 Å². The second-order valence-corrected chi connectivity index (χ2v) is 5.30. The standard InChI is InChI=1S/C14H16ClNO3/c1-7(2)16-8(3)12(13(17)14(18)19)10-6-9(15)4-5-11(10)16/h4-7,13,17H,1-3H3,(H,18,19). The average molecular weight is 282 g/mol. The molecular weight excluding hydrogens is 266 g/mol. The lowest BCUT2D eigenvalue weighted by molar-refractivity contribution is -0.146. The van der Waals surface area contributed by atoms with E-state index in [1.54, 1.807) is 12.1 Å². The van der Waals surface area contributed by atoms with Gasteiger partial charge < -0.3 is 14.8 Å². The maximum atomic E-state index is 11.1. The largest absolute Gasteiger partial charge is 0.479 e. The number of rotatable bonds is 3. The molecule has 4 nitrogen and oxygen atoms in total. The molecule has 0 spiro atoms. The van der Waals surface area contributed by atoms with Crippen LogP contribution in [0.1, 0.15) is 37.3 Å². The maximum absolute atomic E-state index is 11.1. The summed E-state index contributed by atoms with van der Waals surface area (Å²) in [6.07, 6.45) is -1.54. The summed E-state index contributed by atoms with van der Waals surface area (Å²) >= 11 is 5.98. The van der Waals surface area contributed by atoms with E-state index in [4.69, 9.17) is 16.7 Å². The summed E-state index contributed by atoms with van der Waals surface area (Å²) in [5, 5.41) is 20.2. The van der Waals surface area contributed by atoms with Crippen LogP contribution in [0.3, 0.4) is 0 Å². The van der Waals surface area contributed by atoms with Crippen LogP contribution in [-0.2, 0) is 4.79 Å². The molecule has 0 bridgehead atoms. The lowest BCUT2D eigenvalue weighted by Crippen LogP contribution is -2.12. The van der Waals surface area contributed by atoms with E-state index in [1.165, 1.54) is 0 Å². The first-order chi connectivity index (χ1) is 8.84. The van der Waals surface area contributed by atoms with Crippen LogP contribution >= 0.6 is 11.6 Å². The molecule has 0 aliphatic carbocycles. The number of nitrogens with zero attached hydrogens (tertiary/aromatic N) is 1. The number of aliphatic hydroxyl groups excluding tert-OH is 1. The molecule has 0 amide bonds. The van der Waals surface area contributed by atoms with Crippen molar-refractivity contribution in [1.29, 1.82) is 0 Å². The zero-order valence-corrected chi connectivity index (χ0v) is 11.8. The lowest BCUT2D eigenvalue weighted by atomic mass is 10.1. The molecule has 1 heterocycles. The minimum atomic E-state index is -1.54. The number of halogens is 1. The van der Waals surface area contributed by atoms with E-state index in [0.29, 0.717) is 16.0 Å². The summed E-state index contributed by atoms with van der Waals surface area (Å²) in [7, 11) is 0. The first-order valence-electron chi connectivity index (χ1n) is 6.05. The third kappa shape index (κ3) is 2.22. The number of fused-ring (bicyclic) bond motifs is 1. The van der Waals surface area contributed by atoms with Crippen LogP contribution in [0.2, 0.25) is 5.02 Å². The molecule has 2 aromatic rings. The first-order valence-corrected chi connectivity index (χ1v) is 6.43. The van der Waals surface area contributed by atoms with Crippen LogP contribution in [0.5, 0.6) is 0 Å². The van der Waals surface area contributed by atoms with E-state index in [1.807, 2.05) is 31.4 Å². The van der Waals surface area contributed by atoms with Crippen LogP contribution in [0.15, 0.2) is 18.2 Å². The van der Waals surface area contributed by atoms with Gasteiger partial charge in [-0.2, -0.15) is 0 Å². The Balaban J connectivity index is 2.85. The van der Waals surface area contributed by atoms with Crippen molar-refractivity contribution in [2.45, 2.75) is 32.9 Å². The van der Waals surface area contributed by atoms with Gasteiger partial charge in [-0.15, -0.1) is 0 Å². The zero-order valence-electron chi connectivity index (χ0n) is 11.0. The number of benzene rings is 1. The fraction of sp³-hybridized carbons (Fsp3) is 0.357. The maximum Gasteiger partial charge on any atom is 0.337 e. The molecule has 0 aliphatic heterocycles. The fourth-order valence-electron chi connectivity index (χ4n) is 2.57. The quantitative estimate of drug-likeness (QED) is 0.907. The van der Waals surface area contributed by atoms with Gasteiger partial charge in [0.25, 0.3) is 0 Å². The van der Waals surface area contributed by atoms with Crippen molar-refractivity contribution in [1.82, 2.24) is 4.57 Å². The van der Waals surface area contributed by atoms with Gasteiger partial charge in [0.05, 0.1) is 0 Å². The Morgan fingerprint density at radius 3 is 2.53 bits per heavy atom. The van der Waals surface area contributed by atoms with E-state index < -0.39 is 12.1 Å². The second kappa shape index (κ2) is 4.87. The van der Waals surface area contributed by atoms with Crippen LogP contribution < -0.4 is 0 Å². The highest BCUT2D eigenvalue weighted by Crippen LogP contribution is 2.34. The average Bonchev–Trinajstić information content (AvgIpc) is 2.59. The summed E-state index contributed by atoms with van der Waals surface area (Å²) in [6.45, 7) is 5.84. The van der Waals surface area contributed by atoms with Gasteiger partial charge in [0.2, 0.25) is 0 Å². The van der Waals surface area contributed by atoms with E-state index in [2.05, 4.69) is 0 Å².